The molecular formula is C20H17BrN2O4. The van der Waals surface area contributed by atoms with E-state index in [2.05, 4.69) is 21.2 Å². The van der Waals surface area contributed by atoms with Crippen LogP contribution in [0, 0.1) is 30.9 Å². The number of furan rings is 1. The lowest BCUT2D eigenvalue weighted by atomic mass is 10.1. The fourth-order valence-corrected chi connectivity index (χ4v) is 3.61. The second kappa shape index (κ2) is 7.36. The maximum absolute atomic E-state index is 12.6. The molecule has 0 radical (unpaired) electrons. The van der Waals surface area contributed by atoms with Crippen molar-refractivity contribution in [2.24, 2.45) is 0 Å². The highest BCUT2D eigenvalue weighted by atomic mass is 79.9. The van der Waals surface area contributed by atoms with Crippen LogP contribution in [0.2, 0.25) is 0 Å². The van der Waals surface area contributed by atoms with Gasteiger partial charge < -0.3 is 9.73 Å². The Morgan fingerprint density at radius 1 is 1.04 bits per heavy atom. The highest BCUT2D eigenvalue weighted by Gasteiger charge is 2.17. The van der Waals surface area contributed by atoms with Crippen LogP contribution >= 0.6 is 15.9 Å². The van der Waals surface area contributed by atoms with Gasteiger partial charge in [-0.1, -0.05) is 15.9 Å². The molecular weight excluding hydrogens is 412 g/mol. The molecule has 138 valence electrons. The minimum Gasteiger partial charge on any atom is -0.451 e. The number of benzene rings is 2. The third kappa shape index (κ3) is 3.93. The maximum Gasteiger partial charge on any atom is 0.291 e. The Hall–Kier alpha value is -2.93. The lowest BCUT2D eigenvalue weighted by Gasteiger charge is -2.11. The first-order valence-corrected chi connectivity index (χ1v) is 8.99. The number of nitrogens with zero attached hydrogens (tertiary/aromatic N) is 1. The van der Waals surface area contributed by atoms with Crippen LogP contribution in [0.4, 0.5) is 11.4 Å². The van der Waals surface area contributed by atoms with Crippen LogP contribution in [0.25, 0.3) is 11.3 Å². The van der Waals surface area contributed by atoms with E-state index in [0.717, 1.165) is 21.3 Å². The zero-order chi connectivity index (χ0) is 19.7. The number of amides is 1. The first-order chi connectivity index (χ1) is 12.8. The molecule has 0 aliphatic rings. The Bertz CT molecular complexity index is 1030. The molecule has 1 amide bonds. The number of hydrogen-bond acceptors (Lipinski definition) is 4. The number of aryl methyl sites for hydroxylation is 3. The molecule has 7 heteroatoms. The molecule has 0 saturated heterocycles. The van der Waals surface area contributed by atoms with E-state index in [9.17, 15) is 14.9 Å². The van der Waals surface area contributed by atoms with Gasteiger partial charge in [0.15, 0.2) is 5.76 Å². The number of anilines is 1. The van der Waals surface area contributed by atoms with Crippen molar-refractivity contribution in [3.63, 3.8) is 0 Å². The second-order valence-corrected chi connectivity index (χ2v) is 7.20. The maximum atomic E-state index is 12.6. The predicted molar refractivity (Wildman–Crippen MR) is 107 cm³/mol. The SMILES string of the molecule is Cc1cc([N+](=O)[O-])ccc1-c1ccc(C(=O)Nc2c(C)cc(Br)cc2C)o1. The third-order valence-electron chi connectivity index (χ3n) is 4.25. The van der Waals surface area contributed by atoms with E-state index in [1.54, 1.807) is 25.1 Å². The molecule has 0 saturated carbocycles. The molecule has 0 spiro atoms. The van der Waals surface area contributed by atoms with Gasteiger partial charge in [0.05, 0.1) is 4.92 Å². The fourth-order valence-electron chi connectivity index (χ4n) is 2.93. The van der Waals surface area contributed by atoms with Crippen molar-refractivity contribution in [1.29, 1.82) is 0 Å². The van der Waals surface area contributed by atoms with Gasteiger partial charge in [-0.2, -0.15) is 0 Å². The molecule has 1 N–H and O–H groups in total. The number of carbonyl (C=O) groups is 1. The van der Waals surface area contributed by atoms with Gasteiger partial charge in [-0.3, -0.25) is 14.9 Å². The number of nitrogens with one attached hydrogen (secondary N) is 1. The number of carbonyl (C=O) groups excluding carboxylic acids is 1. The number of nitro groups is 1. The summed E-state index contributed by atoms with van der Waals surface area (Å²) < 4.78 is 6.65. The van der Waals surface area contributed by atoms with Crippen molar-refractivity contribution in [1.82, 2.24) is 0 Å². The van der Waals surface area contributed by atoms with E-state index in [4.69, 9.17) is 4.42 Å². The average molecular weight is 429 g/mol. The zero-order valence-corrected chi connectivity index (χ0v) is 16.6. The Morgan fingerprint density at radius 3 is 2.30 bits per heavy atom. The van der Waals surface area contributed by atoms with Crippen LogP contribution in [0.1, 0.15) is 27.2 Å². The molecule has 6 nitrogen and oxygen atoms in total. The third-order valence-corrected chi connectivity index (χ3v) is 4.71. The molecule has 0 bridgehead atoms. The van der Waals surface area contributed by atoms with Crippen molar-refractivity contribution in [3.8, 4) is 11.3 Å². The summed E-state index contributed by atoms with van der Waals surface area (Å²) in [4.78, 5) is 23.0. The van der Waals surface area contributed by atoms with Gasteiger partial charge in [0, 0.05) is 27.9 Å². The van der Waals surface area contributed by atoms with Crippen molar-refractivity contribution in [2.45, 2.75) is 20.8 Å². The van der Waals surface area contributed by atoms with E-state index in [1.165, 1.54) is 12.1 Å². The first-order valence-electron chi connectivity index (χ1n) is 8.19. The number of nitro benzene ring substituents is 1. The van der Waals surface area contributed by atoms with Crippen LogP contribution in [-0.2, 0) is 0 Å². The summed E-state index contributed by atoms with van der Waals surface area (Å²) in [5.41, 5.74) is 4.04. The molecule has 0 fully saturated rings. The van der Waals surface area contributed by atoms with E-state index in [0.29, 0.717) is 16.9 Å². The van der Waals surface area contributed by atoms with E-state index in [1.807, 2.05) is 26.0 Å². The van der Waals surface area contributed by atoms with Crippen LogP contribution < -0.4 is 5.32 Å². The largest absolute Gasteiger partial charge is 0.451 e. The highest BCUT2D eigenvalue weighted by Crippen LogP contribution is 2.30. The first kappa shape index (κ1) is 18.8. The summed E-state index contributed by atoms with van der Waals surface area (Å²) in [5, 5.41) is 13.8. The molecule has 2 aromatic carbocycles. The van der Waals surface area contributed by atoms with Gasteiger partial charge in [-0.25, -0.2) is 0 Å². The summed E-state index contributed by atoms with van der Waals surface area (Å²) in [7, 11) is 0. The van der Waals surface area contributed by atoms with E-state index < -0.39 is 4.92 Å². The summed E-state index contributed by atoms with van der Waals surface area (Å²) in [6.07, 6.45) is 0. The Labute approximate surface area is 164 Å². The summed E-state index contributed by atoms with van der Waals surface area (Å²) >= 11 is 3.43. The number of hydrogen-bond donors (Lipinski definition) is 1. The summed E-state index contributed by atoms with van der Waals surface area (Å²) in [5.74, 6) is 0.301. The minimum absolute atomic E-state index is 0.0157. The second-order valence-electron chi connectivity index (χ2n) is 6.29. The van der Waals surface area contributed by atoms with Gasteiger partial charge in [-0.15, -0.1) is 0 Å². The summed E-state index contributed by atoms with van der Waals surface area (Å²) in [6.45, 7) is 5.60. The Morgan fingerprint density at radius 2 is 1.70 bits per heavy atom. The van der Waals surface area contributed by atoms with Crippen molar-refractivity contribution in [2.75, 3.05) is 5.32 Å². The van der Waals surface area contributed by atoms with Gasteiger partial charge in [-0.05, 0) is 67.8 Å². The van der Waals surface area contributed by atoms with Gasteiger partial charge in [0.1, 0.15) is 5.76 Å². The molecule has 0 aliphatic heterocycles. The lowest BCUT2D eigenvalue weighted by Crippen LogP contribution is -2.13. The normalized spacial score (nSPS) is 10.7. The molecule has 0 atom stereocenters. The van der Waals surface area contributed by atoms with E-state index in [-0.39, 0.29) is 17.4 Å². The van der Waals surface area contributed by atoms with Gasteiger partial charge in [0.2, 0.25) is 0 Å². The topological polar surface area (TPSA) is 85.4 Å². The predicted octanol–water partition coefficient (Wildman–Crippen LogP) is 5.79. The number of non-ortho nitro benzene ring substituents is 1. The molecule has 1 heterocycles. The van der Waals surface area contributed by atoms with Crippen LogP contribution in [0.15, 0.2) is 51.4 Å². The smallest absolute Gasteiger partial charge is 0.291 e. The zero-order valence-electron chi connectivity index (χ0n) is 15.0. The monoisotopic (exact) mass is 428 g/mol. The quantitative estimate of drug-likeness (QED) is 0.420. The molecule has 3 rings (SSSR count). The Kier molecular flexibility index (Phi) is 5.14. The minimum atomic E-state index is -0.444. The van der Waals surface area contributed by atoms with Gasteiger partial charge >= 0.3 is 0 Å². The number of halogens is 1. The number of rotatable bonds is 4. The van der Waals surface area contributed by atoms with Crippen LogP contribution in [0.5, 0.6) is 0 Å². The van der Waals surface area contributed by atoms with Gasteiger partial charge in [0.25, 0.3) is 11.6 Å². The van der Waals surface area contributed by atoms with Crippen molar-refractivity contribution < 1.29 is 14.1 Å². The van der Waals surface area contributed by atoms with Crippen molar-refractivity contribution in [3.05, 3.63) is 79.5 Å². The molecule has 1 aromatic heterocycles. The Balaban J connectivity index is 1.86. The fraction of sp³-hybridized carbons (Fsp3) is 0.150. The molecule has 27 heavy (non-hydrogen) atoms. The van der Waals surface area contributed by atoms with Crippen LogP contribution in [0.3, 0.4) is 0 Å². The lowest BCUT2D eigenvalue weighted by molar-refractivity contribution is -0.384. The highest BCUT2D eigenvalue weighted by molar-refractivity contribution is 9.10. The summed E-state index contributed by atoms with van der Waals surface area (Å²) in [6, 6.07) is 11.6. The standard InChI is InChI=1S/C20H17BrN2O4/c1-11-10-15(23(25)26)4-5-16(11)17-6-7-18(27-17)20(24)22-19-12(2)8-14(21)9-13(19)3/h4-10H,1-3H3,(H,22,24). The van der Waals surface area contributed by atoms with Crippen molar-refractivity contribution >= 4 is 33.2 Å². The van der Waals surface area contributed by atoms with Crippen LogP contribution in [-0.4, -0.2) is 10.8 Å². The molecule has 0 unspecified atom stereocenters. The average Bonchev–Trinajstić information content (AvgIpc) is 3.07. The van der Waals surface area contributed by atoms with E-state index >= 15 is 0 Å². The molecule has 0 aliphatic carbocycles. The molecule has 3 aromatic rings.